The maximum atomic E-state index is 14.0. The normalized spacial score (nSPS) is 15.8. The molecule has 0 aromatic heterocycles. The Labute approximate surface area is 120 Å². The highest BCUT2D eigenvalue weighted by Crippen LogP contribution is 2.37. The molecular weight excluding hydrogens is 315 g/mol. The first kappa shape index (κ1) is 18.0. The molecule has 0 fully saturated rings. The smallest absolute Gasteiger partial charge is 0.377 e. The Kier molecular flexibility index (Phi) is 5.85. The molecule has 0 bridgehead atoms. The maximum absolute atomic E-state index is 14.0. The zero-order chi connectivity index (χ0) is 16.1. The molecule has 1 aromatic rings. The molecule has 0 radical (unpaired) electrons. The molecule has 1 atom stereocenters. The lowest BCUT2D eigenvalue weighted by atomic mass is 10.2. The Bertz CT molecular complexity index is 440. The lowest BCUT2D eigenvalue weighted by molar-refractivity contribution is -0.313. The van der Waals surface area contributed by atoms with Gasteiger partial charge in [0, 0.05) is 18.7 Å². The minimum atomic E-state index is -5.12. The predicted molar refractivity (Wildman–Crippen MR) is 66.4 cm³/mol. The molecular formula is C12H15F5O3Si. The van der Waals surface area contributed by atoms with E-state index in [1.54, 1.807) is 0 Å². The highest BCUT2D eigenvalue weighted by Gasteiger charge is 2.55. The summed E-state index contributed by atoms with van der Waals surface area (Å²) in [5, 5.41) is 0. The van der Waals surface area contributed by atoms with Gasteiger partial charge < -0.3 is 8.85 Å². The molecule has 0 saturated carbocycles. The van der Waals surface area contributed by atoms with Crippen molar-refractivity contribution in [2.24, 2.45) is 0 Å². The first-order valence-corrected chi connectivity index (χ1v) is 8.03. The second-order valence-electron chi connectivity index (χ2n) is 4.17. The van der Waals surface area contributed by atoms with Gasteiger partial charge in [-0.3, -0.25) is 4.43 Å². The summed E-state index contributed by atoms with van der Waals surface area (Å²) in [7, 11) is -3.73. The van der Waals surface area contributed by atoms with Gasteiger partial charge in [-0.15, -0.1) is 13.2 Å². The average Bonchev–Trinajstić information content (AvgIpc) is 2.37. The monoisotopic (exact) mass is 330 g/mol. The van der Waals surface area contributed by atoms with E-state index in [1.807, 2.05) is 0 Å². The van der Waals surface area contributed by atoms with Crippen LogP contribution in [0.2, 0.25) is 6.04 Å². The van der Waals surface area contributed by atoms with Crippen molar-refractivity contribution >= 4 is 8.80 Å². The number of alkyl halides is 5. The summed E-state index contributed by atoms with van der Waals surface area (Å²) in [6.07, 6.45) is -8.92. The summed E-state index contributed by atoms with van der Waals surface area (Å²) >= 11 is 0. The van der Waals surface area contributed by atoms with E-state index in [4.69, 9.17) is 0 Å². The van der Waals surface area contributed by atoms with Crippen molar-refractivity contribution in [1.29, 1.82) is 0 Å². The summed E-state index contributed by atoms with van der Waals surface area (Å²) in [4.78, 5) is 0. The van der Waals surface area contributed by atoms with Crippen molar-refractivity contribution in [3.05, 3.63) is 35.9 Å². The first-order valence-electron chi connectivity index (χ1n) is 6.10. The Hall–Kier alpha value is -1.03. The third-order valence-electron chi connectivity index (χ3n) is 2.53. The van der Waals surface area contributed by atoms with E-state index in [2.05, 4.69) is 13.3 Å². The SMILES string of the molecule is CCC[Si](OC)(OC(F)(F)F)OC(F)(F)c1ccccc1. The highest BCUT2D eigenvalue weighted by atomic mass is 28.4. The molecule has 0 N–H and O–H groups in total. The summed E-state index contributed by atoms with van der Waals surface area (Å²) in [6, 6.07) is 5.87. The van der Waals surface area contributed by atoms with Gasteiger partial charge in [-0.05, 0) is 0 Å². The average molecular weight is 330 g/mol. The minimum Gasteiger partial charge on any atom is -0.377 e. The van der Waals surface area contributed by atoms with E-state index in [0.29, 0.717) is 0 Å². The zero-order valence-corrected chi connectivity index (χ0v) is 12.4. The van der Waals surface area contributed by atoms with Crippen LogP contribution in [0.15, 0.2) is 30.3 Å². The van der Waals surface area contributed by atoms with Gasteiger partial charge >= 0.3 is 21.3 Å². The first-order chi connectivity index (χ1) is 9.64. The number of hydrogen-bond donors (Lipinski definition) is 0. The Morgan fingerprint density at radius 1 is 1.00 bits per heavy atom. The van der Waals surface area contributed by atoms with Crippen LogP contribution < -0.4 is 0 Å². The van der Waals surface area contributed by atoms with Crippen molar-refractivity contribution in [2.45, 2.75) is 31.9 Å². The van der Waals surface area contributed by atoms with Crippen LogP contribution in [0, 0.1) is 0 Å². The molecule has 0 amide bonds. The van der Waals surface area contributed by atoms with Crippen LogP contribution in [0.1, 0.15) is 18.9 Å². The van der Waals surface area contributed by atoms with Gasteiger partial charge in [0.2, 0.25) is 0 Å². The topological polar surface area (TPSA) is 27.7 Å². The van der Waals surface area contributed by atoms with Gasteiger partial charge in [-0.2, -0.15) is 8.78 Å². The third-order valence-corrected chi connectivity index (χ3v) is 5.38. The fourth-order valence-corrected chi connectivity index (χ4v) is 3.77. The number of halogens is 5. The highest BCUT2D eigenvalue weighted by molar-refractivity contribution is 6.60. The molecule has 0 spiro atoms. The molecule has 120 valence electrons. The van der Waals surface area contributed by atoms with Crippen LogP contribution in [0.5, 0.6) is 0 Å². The molecule has 3 nitrogen and oxygen atoms in total. The summed E-state index contributed by atoms with van der Waals surface area (Å²) in [5.41, 5.74) is -0.569. The fourth-order valence-electron chi connectivity index (χ4n) is 1.68. The lowest BCUT2D eigenvalue weighted by Gasteiger charge is -2.32. The quantitative estimate of drug-likeness (QED) is 0.551. The van der Waals surface area contributed by atoms with Gasteiger partial charge in [0.05, 0.1) is 0 Å². The molecule has 1 aromatic carbocycles. The van der Waals surface area contributed by atoms with Gasteiger partial charge in [-0.25, -0.2) is 0 Å². The van der Waals surface area contributed by atoms with E-state index in [-0.39, 0.29) is 12.5 Å². The molecule has 0 aliphatic rings. The van der Waals surface area contributed by atoms with E-state index < -0.39 is 26.8 Å². The molecule has 1 rings (SSSR count). The second kappa shape index (κ2) is 6.82. The number of benzene rings is 1. The van der Waals surface area contributed by atoms with Crippen molar-refractivity contribution in [1.82, 2.24) is 0 Å². The number of hydrogen-bond acceptors (Lipinski definition) is 3. The Morgan fingerprint density at radius 2 is 1.57 bits per heavy atom. The van der Waals surface area contributed by atoms with E-state index in [9.17, 15) is 22.0 Å². The molecule has 9 heteroatoms. The van der Waals surface area contributed by atoms with E-state index in [1.165, 1.54) is 25.1 Å². The molecule has 0 heterocycles. The van der Waals surface area contributed by atoms with E-state index in [0.717, 1.165) is 19.2 Å². The van der Waals surface area contributed by atoms with Crippen molar-refractivity contribution in [2.75, 3.05) is 7.11 Å². The molecule has 0 aliphatic carbocycles. The second-order valence-corrected chi connectivity index (χ2v) is 6.85. The molecule has 1 unspecified atom stereocenters. The van der Waals surface area contributed by atoms with Gasteiger partial charge in [-0.1, -0.05) is 43.7 Å². The zero-order valence-electron chi connectivity index (χ0n) is 11.4. The van der Waals surface area contributed by atoms with Crippen molar-refractivity contribution in [3.63, 3.8) is 0 Å². The molecule has 0 aliphatic heterocycles. The Morgan fingerprint density at radius 3 is 2.00 bits per heavy atom. The van der Waals surface area contributed by atoms with E-state index >= 15 is 0 Å². The molecule has 0 saturated heterocycles. The van der Waals surface area contributed by atoms with Crippen molar-refractivity contribution in [3.8, 4) is 0 Å². The van der Waals surface area contributed by atoms with Crippen LogP contribution in [0.3, 0.4) is 0 Å². The third kappa shape index (κ3) is 5.34. The van der Waals surface area contributed by atoms with Crippen molar-refractivity contribution < 1.29 is 35.2 Å². The van der Waals surface area contributed by atoms with Gasteiger partial charge in [0.1, 0.15) is 0 Å². The molecule has 21 heavy (non-hydrogen) atoms. The van der Waals surface area contributed by atoms with Crippen LogP contribution in [-0.4, -0.2) is 22.3 Å². The summed E-state index contributed by atoms with van der Waals surface area (Å²) in [5.74, 6) is 0. The number of rotatable bonds is 7. The van der Waals surface area contributed by atoms with Crippen LogP contribution in [0.25, 0.3) is 0 Å². The fraction of sp³-hybridized carbons (Fsp3) is 0.500. The summed E-state index contributed by atoms with van der Waals surface area (Å²) < 4.78 is 78.2. The minimum absolute atomic E-state index is 0.140. The standard InChI is InChI=1S/C12H15F5O3Si/c1-3-9-21(18-2,20-12(15,16)17)19-11(13,14)10-7-5-4-6-8-10/h4-8H,3,9H2,1-2H3. The Balaban J connectivity index is 3.05. The largest absolute Gasteiger partial charge is 0.516 e. The van der Waals surface area contributed by atoms with Crippen LogP contribution in [-0.2, 0) is 19.4 Å². The van der Waals surface area contributed by atoms with Gasteiger partial charge in [0.15, 0.2) is 0 Å². The predicted octanol–water partition coefficient (Wildman–Crippen LogP) is 4.28. The summed E-state index contributed by atoms with van der Waals surface area (Å²) in [6.45, 7) is 1.52. The lowest BCUT2D eigenvalue weighted by Crippen LogP contribution is -2.51. The van der Waals surface area contributed by atoms with Gasteiger partial charge in [0.25, 0.3) is 0 Å². The maximum Gasteiger partial charge on any atom is 0.516 e. The van der Waals surface area contributed by atoms with Crippen LogP contribution in [0.4, 0.5) is 22.0 Å². The van der Waals surface area contributed by atoms with Crippen LogP contribution >= 0.6 is 0 Å².